The summed E-state index contributed by atoms with van der Waals surface area (Å²) in [4.78, 5) is 8.69. The summed E-state index contributed by atoms with van der Waals surface area (Å²) in [5.74, 6) is 2.74. The van der Waals surface area contributed by atoms with E-state index in [1.807, 2.05) is 37.4 Å². The van der Waals surface area contributed by atoms with Crippen molar-refractivity contribution in [3.63, 3.8) is 0 Å². The number of hydrogen-bond donors (Lipinski definition) is 2. The minimum absolute atomic E-state index is 0.00845. The van der Waals surface area contributed by atoms with Gasteiger partial charge in [0.05, 0.1) is 6.54 Å². The Bertz CT molecular complexity index is 591. The standard InChI is InChI=1S/C15H18N4O/c1-11-4-5-13(20-11)14-15(18-8-7-17-14)19-10-12-3-2-6-16-9-12/h2-6,9,14,17H,7-8,10H2,1H3,(H,18,19). The van der Waals surface area contributed by atoms with Crippen LogP contribution in [0.3, 0.4) is 0 Å². The summed E-state index contributed by atoms with van der Waals surface area (Å²) < 4.78 is 5.71. The summed E-state index contributed by atoms with van der Waals surface area (Å²) >= 11 is 0. The van der Waals surface area contributed by atoms with Crippen molar-refractivity contribution in [3.05, 3.63) is 53.7 Å². The summed E-state index contributed by atoms with van der Waals surface area (Å²) in [6, 6.07) is 7.96. The second-order valence-electron chi connectivity index (χ2n) is 4.82. The number of rotatable bonds is 3. The highest BCUT2D eigenvalue weighted by Gasteiger charge is 2.23. The third-order valence-electron chi connectivity index (χ3n) is 3.26. The molecule has 3 heterocycles. The molecule has 1 aliphatic rings. The lowest BCUT2D eigenvalue weighted by molar-refractivity contribution is 0.437. The number of amidine groups is 1. The number of hydrogen-bond acceptors (Lipinski definition) is 5. The molecule has 2 aromatic heterocycles. The second-order valence-corrected chi connectivity index (χ2v) is 4.82. The van der Waals surface area contributed by atoms with Crippen LogP contribution in [-0.4, -0.2) is 23.9 Å². The lowest BCUT2D eigenvalue weighted by Gasteiger charge is -2.24. The highest BCUT2D eigenvalue weighted by molar-refractivity contribution is 5.88. The maximum atomic E-state index is 5.71. The van der Waals surface area contributed by atoms with Crippen molar-refractivity contribution >= 4 is 5.84 Å². The maximum absolute atomic E-state index is 5.71. The van der Waals surface area contributed by atoms with Gasteiger partial charge in [-0.05, 0) is 30.7 Å². The van der Waals surface area contributed by atoms with Crippen LogP contribution in [-0.2, 0) is 6.54 Å². The number of pyridine rings is 1. The van der Waals surface area contributed by atoms with Gasteiger partial charge in [-0.25, -0.2) is 0 Å². The van der Waals surface area contributed by atoms with Gasteiger partial charge in [-0.15, -0.1) is 0 Å². The summed E-state index contributed by atoms with van der Waals surface area (Å²) in [5.41, 5.74) is 1.13. The molecule has 0 saturated heterocycles. The predicted octanol–water partition coefficient (Wildman–Crippen LogP) is 1.82. The Balaban J connectivity index is 1.71. The van der Waals surface area contributed by atoms with Crippen LogP contribution in [0.25, 0.3) is 0 Å². The van der Waals surface area contributed by atoms with Gasteiger partial charge >= 0.3 is 0 Å². The van der Waals surface area contributed by atoms with Gasteiger partial charge in [-0.1, -0.05) is 6.07 Å². The van der Waals surface area contributed by atoms with E-state index in [0.29, 0.717) is 6.54 Å². The van der Waals surface area contributed by atoms with Gasteiger partial charge < -0.3 is 9.73 Å². The molecule has 2 N–H and O–H groups in total. The molecule has 3 rings (SSSR count). The number of nitrogens with zero attached hydrogens (tertiary/aromatic N) is 2. The van der Waals surface area contributed by atoms with E-state index in [9.17, 15) is 0 Å². The van der Waals surface area contributed by atoms with Crippen LogP contribution >= 0.6 is 0 Å². The molecule has 0 radical (unpaired) electrons. The number of aryl methyl sites for hydroxylation is 1. The Morgan fingerprint density at radius 3 is 3.10 bits per heavy atom. The Morgan fingerprint density at radius 1 is 1.40 bits per heavy atom. The van der Waals surface area contributed by atoms with Crippen molar-refractivity contribution in [2.24, 2.45) is 4.99 Å². The first kappa shape index (κ1) is 12.9. The van der Waals surface area contributed by atoms with E-state index in [1.165, 1.54) is 0 Å². The van der Waals surface area contributed by atoms with Crippen molar-refractivity contribution in [2.45, 2.75) is 19.5 Å². The largest absolute Gasteiger partial charge is 0.464 e. The van der Waals surface area contributed by atoms with E-state index in [0.717, 1.165) is 36.0 Å². The second kappa shape index (κ2) is 5.88. The topological polar surface area (TPSA) is 62.5 Å². The van der Waals surface area contributed by atoms with Gasteiger partial charge in [-0.3, -0.25) is 15.3 Å². The molecule has 0 aromatic carbocycles. The molecule has 5 nitrogen and oxygen atoms in total. The molecule has 0 aliphatic carbocycles. The third-order valence-corrected chi connectivity index (χ3v) is 3.26. The van der Waals surface area contributed by atoms with Crippen molar-refractivity contribution in [2.75, 3.05) is 13.1 Å². The SMILES string of the molecule is Cc1ccc(C2NCCN=C2NCc2cccnc2)o1. The molecule has 0 saturated carbocycles. The molecule has 1 unspecified atom stereocenters. The lowest BCUT2D eigenvalue weighted by atomic mass is 10.1. The average Bonchev–Trinajstić information content (AvgIpc) is 2.93. The molecule has 0 fully saturated rings. The summed E-state index contributed by atoms with van der Waals surface area (Å²) in [7, 11) is 0. The summed E-state index contributed by atoms with van der Waals surface area (Å²) in [6.07, 6.45) is 3.63. The van der Waals surface area contributed by atoms with E-state index < -0.39 is 0 Å². The van der Waals surface area contributed by atoms with Crippen LogP contribution in [0.2, 0.25) is 0 Å². The normalized spacial score (nSPS) is 18.6. The van der Waals surface area contributed by atoms with Crippen LogP contribution in [0.4, 0.5) is 0 Å². The number of aromatic nitrogens is 1. The van der Waals surface area contributed by atoms with Gasteiger partial charge in [-0.2, -0.15) is 0 Å². The van der Waals surface area contributed by atoms with E-state index in [1.54, 1.807) is 6.20 Å². The van der Waals surface area contributed by atoms with Gasteiger partial charge in [0.2, 0.25) is 0 Å². The molecule has 2 aromatic rings. The van der Waals surface area contributed by atoms with Crippen LogP contribution < -0.4 is 10.6 Å². The summed E-state index contributed by atoms with van der Waals surface area (Å²) in [6.45, 7) is 4.31. The lowest BCUT2D eigenvalue weighted by Crippen LogP contribution is -2.42. The van der Waals surface area contributed by atoms with Crippen LogP contribution in [0.5, 0.6) is 0 Å². The predicted molar refractivity (Wildman–Crippen MR) is 77.6 cm³/mol. The molecule has 20 heavy (non-hydrogen) atoms. The van der Waals surface area contributed by atoms with Crippen molar-refractivity contribution in [1.82, 2.24) is 15.6 Å². The number of nitrogens with one attached hydrogen (secondary N) is 2. The average molecular weight is 270 g/mol. The minimum atomic E-state index is 0.00845. The molecule has 0 bridgehead atoms. The third kappa shape index (κ3) is 2.88. The van der Waals surface area contributed by atoms with Crippen molar-refractivity contribution < 1.29 is 4.42 Å². The van der Waals surface area contributed by atoms with Gasteiger partial charge in [0.15, 0.2) is 0 Å². The Kier molecular flexibility index (Phi) is 3.78. The summed E-state index contributed by atoms with van der Waals surface area (Å²) in [5, 5.41) is 6.82. The van der Waals surface area contributed by atoms with Gasteiger partial charge in [0, 0.05) is 25.5 Å². The fourth-order valence-corrected chi connectivity index (χ4v) is 2.27. The van der Waals surface area contributed by atoms with Crippen LogP contribution in [0.15, 0.2) is 46.1 Å². The first-order valence-electron chi connectivity index (χ1n) is 6.80. The molecular weight excluding hydrogens is 252 g/mol. The fourth-order valence-electron chi connectivity index (χ4n) is 2.27. The van der Waals surface area contributed by atoms with Gasteiger partial charge in [0.25, 0.3) is 0 Å². The molecule has 0 spiro atoms. The van der Waals surface area contributed by atoms with Crippen molar-refractivity contribution in [3.8, 4) is 0 Å². The molecular formula is C15H18N4O. The zero-order valence-corrected chi connectivity index (χ0v) is 11.5. The maximum Gasteiger partial charge on any atom is 0.128 e. The molecule has 1 atom stereocenters. The Morgan fingerprint density at radius 2 is 2.35 bits per heavy atom. The number of aliphatic imine (C=N–C) groups is 1. The quantitative estimate of drug-likeness (QED) is 0.893. The minimum Gasteiger partial charge on any atom is -0.464 e. The molecule has 0 amide bonds. The Hall–Kier alpha value is -2.14. The van der Waals surface area contributed by atoms with Crippen LogP contribution in [0.1, 0.15) is 23.1 Å². The molecule has 5 heteroatoms. The monoisotopic (exact) mass is 270 g/mol. The van der Waals surface area contributed by atoms with Crippen molar-refractivity contribution in [1.29, 1.82) is 0 Å². The molecule has 104 valence electrons. The van der Waals surface area contributed by atoms with E-state index in [-0.39, 0.29) is 6.04 Å². The first-order chi connectivity index (χ1) is 9.83. The zero-order valence-electron chi connectivity index (χ0n) is 11.5. The molecule has 1 aliphatic heterocycles. The highest BCUT2D eigenvalue weighted by atomic mass is 16.3. The van der Waals surface area contributed by atoms with Crippen LogP contribution in [0, 0.1) is 6.92 Å². The highest BCUT2D eigenvalue weighted by Crippen LogP contribution is 2.19. The zero-order chi connectivity index (χ0) is 13.8. The fraction of sp³-hybridized carbons (Fsp3) is 0.333. The first-order valence-corrected chi connectivity index (χ1v) is 6.80. The van der Waals surface area contributed by atoms with E-state index >= 15 is 0 Å². The Labute approximate surface area is 118 Å². The number of furan rings is 1. The van der Waals surface area contributed by atoms with E-state index in [2.05, 4.69) is 20.6 Å². The smallest absolute Gasteiger partial charge is 0.128 e. The van der Waals surface area contributed by atoms with E-state index in [4.69, 9.17) is 4.42 Å². The van der Waals surface area contributed by atoms with Gasteiger partial charge in [0.1, 0.15) is 23.4 Å².